The van der Waals surface area contributed by atoms with Crippen LogP contribution in [0.3, 0.4) is 0 Å². The van der Waals surface area contributed by atoms with Gasteiger partial charge in [-0.2, -0.15) is 0 Å². The molecule has 2 heterocycles. The monoisotopic (exact) mass is 406 g/mol. The average Bonchev–Trinajstić information content (AvgIpc) is 2.89. The second kappa shape index (κ2) is 9.30. The Bertz CT molecular complexity index is 1020. The summed E-state index contributed by atoms with van der Waals surface area (Å²) in [5.74, 6) is 1.58. The molecule has 1 amide bonds. The summed E-state index contributed by atoms with van der Waals surface area (Å²) in [4.78, 5) is 19.7. The van der Waals surface area contributed by atoms with Gasteiger partial charge < -0.3 is 14.6 Å². The number of anilines is 1. The van der Waals surface area contributed by atoms with E-state index in [-0.39, 0.29) is 12.5 Å². The highest BCUT2D eigenvalue weighted by molar-refractivity contribution is 5.94. The van der Waals surface area contributed by atoms with Crippen molar-refractivity contribution in [3.63, 3.8) is 0 Å². The van der Waals surface area contributed by atoms with Gasteiger partial charge in [0.25, 0.3) is 5.91 Å². The molecule has 0 radical (unpaired) electrons. The van der Waals surface area contributed by atoms with E-state index in [0.29, 0.717) is 5.75 Å². The number of amides is 1. The Morgan fingerprint density at radius 1 is 1.10 bits per heavy atom. The number of ether oxygens (including phenoxy) is 1. The number of carbonyl (C=O) groups excluding carboxylic acids is 1. The first kappa shape index (κ1) is 20.4. The van der Waals surface area contributed by atoms with Gasteiger partial charge in [-0.25, -0.2) is 4.98 Å². The van der Waals surface area contributed by atoms with E-state index in [1.165, 1.54) is 25.7 Å². The minimum Gasteiger partial charge on any atom is -0.484 e. The number of likely N-dealkylation sites (tertiary alicyclic amines) is 1. The maximum Gasteiger partial charge on any atom is 0.262 e. The van der Waals surface area contributed by atoms with E-state index in [0.717, 1.165) is 47.7 Å². The van der Waals surface area contributed by atoms with E-state index >= 15 is 0 Å². The van der Waals surface area contributed by atoms with Crippen LogP contribution in [-0.4, -0.2) is 40.1 Å². The van der Waals surface area contributed by atoms with Crippen LogP contribution in [0.1, 0.15) is 37.1 Å². The molecule has 1 aromatic heterocycles. The third-order valence-corrected chi connectivity index (χ3v) is 5.68. The molecule has 30 heavy (non-hydrogen) atoms. The molecule has 1 aliphatic heterocycles. The molecule has 1 fully saturated rings. The topological polar surface area (TPSA) is 59.4 Å². The molecule has 158 valence electrons. The van der Waals surface area contributed by atoms with Crippen LogP contribution >= 0.6 is 0 Å². The number of rotatable bonds is 6. The van der Waals surface area contributed by atoms with E-state index < -0.39 is 0 Å². The van der Waals surface area contributed by atoms with Crippen molar-refractivity contribution in [2.75, 3.05) is 25.0 Å². The van der Waals surface area contributed by atoms with Crippen molar-refractivity contribution in [1.82, 2.24) is 14.5 Å². The minimum atomic E-state index is -0.184. The summed E-state index contributed by atoms with van der Waals surface area (Å²) in [6.45, 7) is 5.13. The Morgan fingerprint density at radius 3 is 2.67 bits per heavy atom. The van der Waals surface area contributed by atoms with Crippen molar-refractivity contribution in [3.8, 4) is 5.75 Å². The smallest absolute Gasteiger partial charge is 0.262 e. The molecule has 1 aliphatic rings. The highest BCUT2D eigenvalue weighted by Crippen LogP contribution is 2.21. The van der Waals surface area contributed by atoms with E-state index in [1.807, 2.05) is 49.4 Å². The predicted octanol–water partition coefficient (Wildman–Crippen LogP) is 4.28. The second-order valence-corrected chi connectivity index (χ2v) is 8.13. The Balaban J connectivity index is 1.40. The van der Waals surface area contributed by atoms with Gasteiger partial charge in [0.1, 0.15) is 11.6 Å². The van der Waals surface area contributed by atoms with Gasteiger partial charge in [-0.05, 0) is 68.8 Å². The predicted molar refractivity (Wildman–Crippen MR) is 120 cm³/mol. The molecule has 1 saturated heterocycles. The van der Waals surface area contributed by atoms with Crippen molar-refractivity contribution in [2.24, 2.45) is 7.05 Å². The summed E-state index contributed by atoms with van der Waals surface area (Å²) in [5.41, 5.74) is 3.82. The molecule has 4 rings (SSSR count). The van der Waals surface area contributed by atoms with Crippen molar-refractivity contribution >= 4 is 22.6 Å². The molecule has 6 nitrogen and oxygen atoms in total. The van der Waals surface area contributed by atoms with Crippen molar-refractivity contribution < 1.29 is 9.53 Å². The molecule has 2 aromatic carbocycles. The number of fused-ring (bicyclic) bond motifs is 1. The molecule has 1 N–H and O–H groups in total. The fourth-order valence-electron chi connectivity index (χ4n) is 4.01. The molecule has 0 saturated carbocycles. The number of carbonyl (C=O) groups is 1. The third-order valence-electron chi connectivity index (χ3n) is 5.68. The largest absolute Gasteiger partial charge is 0.484 e. The summed E-state index contributed by atoms with van der Waals surface area (Å²) in [6.07, 6.45) is 5.20. The van der Waals surface area contributed by atoms with E-state index in [4.69, 9.17) is 9.72 Å². The molecular weight excluding hydrogens is 376 g/mol. The lowest BCUT2D eigenvalue weighted by Gasteiger charge is -2.19. The molecule has 0 atom stereocenters. The number of aryl methyl sites for hydroxylation is 2. The van der Waals surface area contributed by atoms with Gasteiger partial charge in [0.05, 0.1) is 17.6 Å². The quantitative estimate of drug-likeness (QED) is 0.664. The number of hydrogen-bond acceptors (Lipinski definition) is 4. The van der Waals surface area contributed by atoms with E-state index in [1.54, 1.807) is 0 Å². The van der Waals surface area contributed by atoms with Crippen LogP contribution in [0.25, 0.3) is 11.0 Å². The van der Waals surface area contributed by atoms with Gasteiger partial charge in [0, 0.05) is 12.7 Å². The first-order valence-electron chi connectivity index (χ1n) is 10.8. The lowest BCUT2D eigenvalue weighted by atomic mass is 10.2. The number of nitrogens with zero attached hydrogens (tertiary/aromatic N) is 3. The Kier molecular flexibility index (Phi) is 6.33. The van der Waals surface area contributed by atoms with Gasteiger partial charge in [-0.1, -0.05) is 25.0 Å². The van der Waals surface area contributed by atoms with Gasteiger partial charge >= 0.3 is 0 Å². The molecule has 0 spiro atoms. The maximum absolute atomic E-state index is 12.3. The van der Waals surface area contributed by atoms with Crippen LogP contribution < -0.4 is 10.1 Å². The second-order valence-electron chi connectivity index (χ2n) is 8.13. The third kappa shape index (κ3) is 5.00. The number of nitrogens with one attached hydrogen (secondary N) is 1. The highest BCUT2D eigenvalue weighted by Gasteiger charge is 2.15. The molecule has 3 aromatic rings. The number of benzene rings is 2. The van der Waals surface area contributed by atoms with E-state index in [9.17, 15) is 4.79 Å². The Hall–Kier alpha value is -2.86. The summed E-state index contributed by atoms with van der Waals surface area (Å²) >= 11 is 0. The first-order chi connectivity index (χ1) is 14.6. The number of imidazole rings is 1. The molecular formula is C24H30N4O2. The zero-order chi connectivity index (χ0) is 20.9. The first-order valence-corrected chi connectivity index (χ1v) is 10.8. The van der Waals surface area contributed by atoms with Crippen LogP contribution in [0.5, 0.6) is 5.75 Å². The lowest BCUT2D eigenvalue weighted by Crippen LogP contribution is -2.25. The summed E-state index contributed by atoms with van der Waals surface area (Å²) in [5, 5.41) is 2.91. The fourth-order valence-corrected chi connectivity index (χ4v) is 4.01. The van der Waals surface area contributed by atoms with Crippen molar-refractivity contribution in [1.29, 1.82) is 0 Å². The van der Waals surface area contributed by atoms with Gasteiger partial charge in [-0.15, -0.1) is 0 Å². The zero-order valence-electron chi connectivity index (χ0n) is 17.9. The van der Waals surface area contributed by atoms with E-state index in [2.05, 4.69) is 21.8 Å². The van der Waals surface area contributed by atoms with Crippen LogP contribution in [0.4, 0.5) is 5.69 Å². The molecule has 0 bridgehead atoms. The SMILES string of the molecule is Cc1cccc(OCC(=O)Nc2ccc3c(c2)nc(CN2CCCCCC2)n3C)c1. The van der Waals surface area contributed by atoms with Gasteiger partial charge in [0.15, 0.2) is 6.61 Å². The highest BCUT2D eigenvalue weighted by atomic mass is 16.5. The number of aromatic nitrogens is 2. The van der Waals surface area contributed by atoms with Crippen molar-refractivity contribution in [3.05, 3.63) is 53.9 Å². The Labute approximate surface area is 177 Å². The summed E-state index contributed by atoms with van der Waals surface area (Å²) in [6, 6.07) is 13.6. The van der Waals surface area contributed by atoms with Gasteiger partial charge in [-0.3, -0.25) is 9.69 Å². The van der Waals surface area contributed by atoms with Crippen LogP contribution in [0.15, 0.2) is 42.5 Å². The fraction of sp³-hybridized carbons (Fsp3) is 0.417. The lowest BCUT2D eigenvalue weighted by molar-refractivity contribution is -0.118. The molecule has 6 heteroatoms. The normalized spacial score (nSPS) is 15.1. The van der Waals surface area contributed by atoms with Crippen LogP contribution in [0, 0.1) is 6.92 Å². The standard InChI is InChI=1S/C24H30N4O2/c1-18-8-7-9-20(14-18)30-17-24(29)25-19-10-11-22-21(15-19)26-23(27(22)2)16-28-12-5-3-4-6-13-28/h7-11,14-15H,3-6,12-13,16-17H2,1-2H3,(H,25,29). The maximum atomic E-state index is 12.3. The zero-order valence-corrected chi connectivity index (χ0v) is 17.9. The summed E-state index contributed by atoms with van der Waals surface area (Å²) < 4.78 is 7.75. The molecule has 0 aliphatic carbocycles. The average molecular weight is 407 g/mol. The summed E-state index contributed by atoms with van der Waals surface area (Å²) in [7, 11) is 2.07. The number of hydrogen-bond donors (Lipinski definition) is 1. The van der Waals surface area contributed by atoms with Crippen LogP contribution in [0.2, 0.25) is 0 Å². The van der Waals surface area contributed by atoms with Crippen LogP contribution in [-0.2, 0) is 18.4 Å². The Morgan fingerprint density at radius 2 is 1.90 bits per heavy atom. The minimum absolute atomic E-state index is 0.0239. The van der Waals surface area contributed by atoms with Crippen molar-refractivity contribution in [2.45, 2.75) is 39.2 Å². The molecule has 0 unspecified atom stereocenters. The van der Waals surface area contributed by atoms with Gasteiger partial charge in [0.2, 0.25) is 0 Å².